The molecule has 0 spiro atoms. The zero-order chi connectivity index (χ0) is 38.2. The van der Waals surface area contributed by atoms with Crippen LogP contribution in [0.1, 0.15) is 30.3 Å². The molecule has 0 aliphatic carbocycles. The number of anilines is 6. The Morgan fingerprint density at radius 1 is 0.870 bits per heavy atom. The summed E-state index contributed by atoms with van der Waals surface area (Å²) >= 11 is 0. The maximum Gasteiger partial charge on any atom is 0.320 e. The van der Waals surface area contributed by atoms with Gasteiger partial charge in [-0.05, 0) is 44.2 Å². The maximum absolute atomic E-state index is 13.4. The Morgan fingerprint density at radius 2 is 1.63 bits per heavy atom. The Hall–Kier alpha value is -5.30. The van der Waals surface area contributed by atoms with Crippen molar-refractivity contribution >= 4 is 50.4 Å². The summed E-state index contributed by atoms with van der Waals surface area (Å²) < 4.78 is 44.9. The van der Waals surface area contributed by atoms with Gasteiger partial charge in [-0.15, -0.1) is 0 Å². The summed E-state index contributed by atoms with van der Waals surface area (Å²) in [4.78, 5) is 38.1. The van der Waals surface area contributed by atoms with Gasteiger partial charge < -0.3 is 40.0 Å². The van der Waals surface area contributed by atoms with Crippen LogP contribution in [0.2, 0.25) is 0 Å². The number of likely N-dealkylation sites (N-methyl/N-ethyl adjacent to an activating group) is 1. The molecule has 2 aromatic carbocycles. The number of carbonyl (C=O) groups excluding carboxylic acids is 1. The van der Waals surface area contributed by atoms with Crippen molar-refractivity contribution in [1.82, 2.24) is 34.5 Å². The second-order valence-corrected chi connectivity index (χ2v) is 14.6. The van der Waals surface area contributed by atoms with E-state index in [2.05, 4.69) is 62.4 Å². The number of methoxy groups -OCH3 is 3. The molecule has 288 valence electrons. The molecule has 2 aliphatic heterocycles. The van der Waals surface area contributed by atoms with E-state index in [9.17, 15) is 13.2 Å². The second-order valence-electron chi connectivity index (χ2n) is 12.9. The van der Waals surface area contributed by atoms with Gasteiger partial charge in [0.25, 0.3) is 5.91 Å². The van der Waals surface area contributed by atoms with Crippen molar-refractivity contribution in [2.45, 2.75) is 30.7 Å². The van der Waals surface area contributed by atoms with Crippen molar-refractivity contribution in [2.75, 3.05) is 95.0 Å². The number of carbonyl (C=O) groups is 1. The molecule has 4 aromatic rings. The number of ether oxygens (including phenoxy) is 3. The van der Waals surface area contributed by atoms with Crippen LogP contribution in [0, 0.1) is 0 Å². The van der Waals surface area contributed by atoms with Gasteiger partial charge in [0.1, 0.15) is 22.0 Å². The van der Waals surface area contributed by atoms with Gasteiger partial charge >= 0.3 is 6.01 Å². The lowest BCUT2D eigenvalue weighted by Crippen LogP contribution is -2.52. The molecule has 0 unspecified atom stereocenters. The van der Waals surface area contributed by atoms with Crippen LogP contribution < -0.4 is 39.8 Å². The zero-order valence-corrected chi connectivity index (χ0v) is 31.9. The molecular weight excluding hydrogens is 715 g/mol. The number of hydrogen-bond donors (Lipinski definition) is 4. The van der Waals surface area contributed by atoms with Crippen LogP contribution in [0.15, 0.2) is 59.6 Å². The van der Waals surface area contributed by atoms with E-state index in [0.29, 0.717) is 17.5 Å². The number of sulfonamides is 1. The SMILES string of the molecule is CCNS(=O)(=O)c1ccccc1Nc1nc(Nc2ccc(N3CCC(N4CCN(C)CC4)CC3)c(OC)c2)ncc1NC(=O)c1cc(OC)nc(OC)n1. The number of piperidine rings is 1. The molecule has 0 atom stereocenters. The predicted octanol–water partition coefficient (Wildman–Crippen LogP) is 3.55. The number of nitrogens with zero attached hydrogens (tertiary/aromatic N) is 7. The lowest BCUT2D eigenvalue weighted by atomic mass is 10.0. The minimum atomic E-state index is -3.87. The molecule has 54 heavy (non-hydrogen) atoms. The van der Waals surface area contributed by atoms with Crippen LogP contribution in [0.3, 0.4) is 0 Å². The highest BCUT2D eigenvalue weighted by Gasteiger charge is 2.28. The number of rotatable bonds is 14. The fraction of sp³-hybridized carbons (Fsp3) is 0.417. The van der Waals surface area contributed by atoms with Crippen molar-refractivity contribution in [3.8, 4) is 17.6 Å². The Morgan fingerprint density at radius 3 is 2.33 bits per heavy atom. The highest BCUT2D eigenvalue weighted by Crippen LogP contribution is 2.35. The third-order valence-corrected chi connectivity index (χ3v) is 11.0. The first-order valence-corrected chi connectivity index (χ1v) is 19.2. The summed E-state index contributed by atoms with van der Waals surface area (Å²) in [7, 11) is 2.74. The molecule has 0 bridgehead atoms. The van der Waals surface area contributed by atoms with Crippen molar-refractivity contribution < 1.29 is 27.4 Å². The van der Waals surface area contributed by atoms with E-state index in [1.807, 2.05) is 18.2 Å². The van der Waals surface area contributed by atoms with Gasteiger partial charge in [0.15, 0.2) is 5.82 Å². The van der Waals surface area contributed by atoms with E-state index < -0.39 is 15.9 Å². The number of para-hydroxylation sites is 1. The summed E-state index contributed by atoms with van der Waals surface area (Å²) in [5.41, 5.74) is 2.01. The van der Waals surface area contributed by atoms with Crippen LogP contribution in [0.25, 0.3) is 0 Å². The molecule has 6 rings (SSSR count). The quantitative estimate of drug-likeness (QED) is 0.146. The predicted molar refractivity (Wildman–Crippen MR) is 206 cm³/mol. The lowest BCUT2D eigenvalue weighted by Gasteiger charge is -2.42. The van der Waals surface area contributed by atoms with E-state index in [0.717, 1.165) is 57.8 Å². The molecule has 2 saturated heterocycles. The molecule has 2 aromatic heterocycles. The van der Waals surface area contributed by atoms with Gasteiger partial charge in [-0.1, -0.05) is 19.1 Å². The number of nitrogens with one attached hydrogen (secondary N) is 4. The molecule has 4 heterocycles. The average Bonchev–Trinajstić information content (AvgIpc) is 3.19. The third-order valence-electron chi connectivity index (χ3n) is 9.40. The van der Waals surface area contributed by atoms with Crippen LogP contribution in [0.5, 0.6) is 17.6 Å². The van der Waals surface area contributed by atoms with Gasteiger partial charge in [0.2, 0.25) is 21.9 Å². The maximum atomic E-state index is 13.4. The monoisotopic (exact) mass is 761 g/mol. The van der Waals surface area contributed by atoms with Crippen LogP contribution >= 0.6 is 0 Å². The molecule has 0 saturated carbocycles. The van der Waals surface area contributed by atoms with Crippen molar-refractivity contribution in [3.05, 3.63) is 60.4 Å². The normalized spacial score (nSPS) is 15.8. The smallest absolute Gasteiger partial charge is 0.320 e. The molecule has 1 amide bonds. The van der Waals surface area contributed by atoms with E-state index in [1.54, 1.807) is 32.2 Å². The summed E-state index contributed by atoms with van der Waals surface area (Å²) in [6.07, 6.45) is 3.59. The van der Waals surface area contributed by atoms with Crippen molar-refractivity contribution in [2.24, 2.45) is 0 Å². The number of aromatic nitrogens is 4. The Bertz CT molecular complexity index is 2020. The first kappa shape index (κ1) is 38.4. The molecule has 0 radical (unpaired) electrons. The topological polar surface area (TPSA) is 188 Å². The molecule has 4 N–H and O–H groups in total. The lowest BCUT2D eigenvalue weighted by molar-refractivity contribution is 0.0981. The summed E-state index contributed by atoms with van der Waals surface area (Å²) in [6.45, 7) is 8.22. The first-order valence-electron chi connectivity index (χ1n) is 17.7. The fourth-order valence-corrected chi connectivity index (χ4v) is 7.74. The molecular formula is C36H47N11O6S. The Kier molecular flexibility index (Phi) is 12.3. The van der Waals surface area contributed by atoms with E-state index in [4.69, 9.17) is 14.2 Å². The van der Waals surface area contributed by atoms with Crippen molar-refractivity contribution in [3.63, 3.8) is 0 Å². The minimum absolute atomic E-state index is 0.00425. The zero-order valence-electron chi connectivity index (χ0n) is 31.1. The van der Waals surface area contributed by atoms with Crippen molar-refractivity contribution in [1.29, 1.82) is 0 Å². The largest absolute Gasteiger partial charge is 0.495 e. The van der Waals surface area contributed by atoms with Gasteiger partial charge in [-0.3, -0.25) is 9.69 Å². The molecule has 17 nitrogen and oxygen atoms in total. The Balaban J connectivity index is 1.25. The second kappa shape index (κ2) is 17.2. The van der Waals surface area contributed by atoms with Crippen LogP contribution in [-0.4, -0.2) is 124 Å². The number of hydrogen-bond acceptors (Lipinski definition) is 15. The molecule has 2 fully saturated rings. The standard InChI is InChI=1S/C36H47N11O6S/c1-6-38-54(49,50)31-10-8-7-9-26(31)40-33-28(41-34(48)27-22-32(52-4)43-36(42-27)53-5)23-37-35(44-33)39-24-11-12-29(30(21-24)51-3)47-15-13-25(14-16-47)46-19-17-45(2)18-20-46/h7-12,21-23,25,38H,6,13-20H2,1-5H3,(H,41,48)(H2,37,39,40,44). The van der Waals surface area contributed by atoms with E-state index in [-0.39, 0.29) is 52.2 Å². The van der Waals surface area contributed by atoms with Crippen LogP contribution in [0.4, 0.5) is 34.5 Å². The Labute approximate surface area is 315 Å². The number of benzene rings is 2. The number of piperazine rings is 1. The summed E-state index contributed by atoms with van der Waals surface area (Å²) in [6, 6.07) is 14.1. The van der Waals surface area contributed by atoms with Crippen LogP contribution in [-0.2, 0) is 10.0 Å². The summed E-state index contributed by atoms with van der Waals surface area (Å²) in [5, 5.41) is 9.08. The van der Waals surface area contributed by atoms with Gasteiger partial charge in [0, 0.05) is 69.7 Å². The average molecular weight is 762 g/mol. The van der Waals surface area contributed by atoms with Gasteiger partial charge in [-0.2, -0.15) is 15.0 Å². The highest BCUT2D eigenvalue weighted by atomic mass is 32.2. The molecule has 2 aliphatic rings. The fourth-order valence-electron chi connectivity index (χ4n) is 6.54. The molecule has 18 heteroatoms. The highest BCUT2D eigenvalue weighted by molar-refractivity contribution is 7.89. The van der Waals surface area contributed by atoms with E-state index in [1.165, 1.54) is 32.5 Å². The first-order chi connectivity index (χ1) is 26.1. The summed E-state index contributed by atoms with van der Waals surface area (Å²) in [5.74, 6) is 0.483. The third kappa shape index (κ3) is 9.07. The van der Waals surface area contributed by atoms with Gasteiger partial charge in [-0.25, -0.2) is 18.1 Å². The number of amides is 1. The van der Waals surface area contributed by atoms with Gasteiger partial charge in [0.05, 0.1) is 38.9 Å². The van der Waals surface area contributed by atoms with E-state index >= 15 is 0 Å². The minimum Gasteiger partial charge on any atom is -0.495 e.